The summed E-state index contributed by atoms with van der Waals surface area (Å²) in [4.78, 5) is 4.51. The smallest absolute Gasteiger partial charge is 0.201 e. The second kappa shape index (κ2) is 5.47. The van der Waals surface area contributed by atoms with Gasteiger partial charge in [-0.2, -0.15) is 0 Å². The van der Waals surface area contributed by atoms with Gasteiger partial charge in [0.25, 0.3) is 0 Å². The van der Waals surface area contributed by atoms with Gasteiger partial charge in [-0.3, -0.25) is 0 Å². The van der Waals surface area contributed by atoms with E-state index in [1.807, 2.05) is 12.1 Å². The van der Waals surface area contributed by atoms with Crippen LogP contribution in [0.1, 0.15) is 38.6 Å². The molecular weight excluding hydrogens is 266 g/mol. The number of nitrogen functional groups attached to an aromatic ring is 1. The van der Waals surface area contributed by atoms with Crippen LogP contribution in [-0.2, 0) is 0 Å². The van der Waals surface area contributed by atoms with E-state index in [1.165, 1.54) is 19.3 Å². The van der Waals surface area contributed by atoms with Crippen molar-refractivity contribution in [3.05, 3.63) is 12.1 Å². The van der Waals surface area contributed by atoms with Crippen LogP contribution in [0.5, 0.6) is 11.5 Å². The summed E-state index contributed by atoms with van der Waals surface area (Å²) < 4.78 is 12.9. The Morgan fingerprint density at radius 1 is 1.14 bits per heavy atom. The Labute approximate surface area is 125 Å². The largest absolute Gasteiger partial charge is 0.493 e. The molecular formula is C16H23N3O2. The highest BCUT2D eigenvalue weighted by Crippen LogP contribution is 2.40. The average Bonchev–Trinajstić information content (AvgIpc) is 2.81. The zero-order valence-corrected chi connectivity index (χ0v) is 12.9. The fraction of sp³-hybridized carbons (Fsp3) is 0.562. The van der Waals surface area contributed by atoms with Crippen LogP contribution in [0, 0.1) is 5.92 Å². The van der Waals surface area contributed by atoms with Crippen molar-refractivity contribution in [1.82, 2.24) is 9.55 Å². The van der Waals surface area contributed by atoms with Crippen molar-refractivity contribution in [1.29, 1.82) is 0 Å². The number of aromatic nitrogens is 2. The molecule has 2 atom stereocenters. The minimum atomic E-state index is 0.418. The number of methoxy groups -OCH3 is 2. The molecule has 1 aromatic carbocycles. The Bertz CT molecular complexity index is 650. The zero-order valence-electron chi connectivity index (χ0n) is 12.9. The zero-order chi connectivity index (χ0) is 15.0. The second-order valence-electron chi connectivity index (χ2n) is 5.86. The molecule has 2 N–H and O–H groups in total. The number of rotatable bonds is 3. The third-order valence-electron chi connectivity index (χ3n) is 4.62. The van der Waals surface area contributed by atoms with E-state index in [1.54, 1.807) is 14.2 Å². The van der Waals surface area contributed by atoms with Crippen molar-refractivity contribution in [3.63, 3.8) is 0 Å². The standard InChI is InChI=1S/C16H23N3O2/c1-10-6-4-5-7-12(10)19-13-9-15(21-3)14(20-2)8-11(13)18-16(19)17/h8-10,12H,4-7H2,1-3H3,(H2,17,18). The van der Waals surface area contributed by atoms with Crippen LogP contribution in [0.2, 0.25) is 0 Å². The number of nitrogens with zero attached hydrogens (tertiary/aromatic N) is 2. The van der Waals surface area contributed by atoms with Crippen molar-refractivity contribution >= 4 is 17.0 Å². The monoisotopic (exact) mass is 289 g/mol. The Hall–Kier alpha value is -1.91. The summed E-state index contributed by atoms with van der Waals surface area (Å²) in [6.07, 6.45) is 4.96. The summed E-state index contributed by atoms with van der Waals surface area (Å²) in [5.74, 6) is 2.60. The van der Waals surface area contributed by atoms with Gasteiger partial charge >= 0.3 is 0 Å². The molecule has 3 rings (SSSR count). The quantitative estimate of drug-likeness (QED) is 0.940. The van der Waals surface area contributed by atoms with E-state index in [2.05, 4.69) is 16.5 Å². The van der Waals surface area contributed by atoms with E-state index < -0.39 is 0 Å². The topological polar surface area (TPSA) is 62.3 Å². The lowest BCUT2D eigenvalue weighted by Gasteiger charge is -2.31. The first-order chi connectivity index (χ1) is 10.2. The highest BCUT2D eigenvalue weighted by Gasteiger charge is 2.26. The van der Waals surface area contributed by atoms with Crippen molar-refractivity contribution < 1.29 is 9.47 Å². The molecule has 1 aliphatic rings. The number of fused-ring (bicyclic) bond motifs is 1. The Morgan fingerprint density at radius 2 is 1.81 bits per heavy atom. The van der Waals surface area contributed by atoms with Gasteiger partial charge in [-0.05, 0) is 18.8 Å². The summed E-state index contributed by atoms with van der Waals surface area (Å²) in [7, 11) is 3.28. The van der Waals surface area contributed by atoms with Crippen molar-refractivity contribution in [2.45, 2.75) is 38.6 Å². The van der Waals surface area contributed by atoms with Crippen molar-refractivity contribution in [2.24, 2.45) is 5.92 Å². The number of nitrogens with two attached hydrogens (primary N) is 1. The van der Waals surface area contributed by atoms with Crippen LogP contribution >= 0.6 is 0 Å². The molecule has 21 heavy (non-hydrogen) atoms. The number of ether oxygens (including phenoxy) is 2. The first-order valence-corrected chi connectivity index (χ1v) is 7.55. The first-order valence-electron chi connectivity index (χ1n) is 7.55. The van der Waals surface area contributed by atoms with Crippen molar-refractivity contribution in [3.8, 4) is 11.5 Å². The average molecular weight is 289 g/mol. The molecule has 0 aliphatic heterocycles. The summed E-state index contributed by atoms with van der Waals surface area (Å²) in [6, 6.07) is 4.30. The van der Waals surface area contributed by atoms with Gasteiger partial charge in [0.2, 0.25) is 5.95 Å². The van der Waals surface area contributed by atoms with E-state index >= 15 is 0 Å². The van der Waals surface area contributed by atoms with Gasteiger partial charge in [-0.1, -0.05) is 19.8 Å². The predicted molar refractivity (Wildman–Crippen MR) is 83.9 cm³/mol. The van der Waals surface area contributed by atoms with Gasteiger partial charge in [-0.15, -0.1) is 0 Å². The number of benzene rings is 1. The molecule has 1 aliphatic carbocycles. The van der Waals surface area contributed by atoms with E-state index in [0.29, 0.717) is 23.7 Å². The maximum Gasteiger partial charge on any atom is 0.201 e. The lowest BCUT2D eigenvalue weighted by atomic mass is 9.85. The molecule has 2 unspecified atom stereocenters. The number of hydrogen-bond donors (Lipinski definition) is 1. The van der Waals surface area contributed by atoms with E-state index in [0.717, 1.165) is 23.2 Å². The molecule has 0 saturated heterocycles. The molecule has 0 bridgehead atoms. The van der Waals surface area contributed by atoms with Gasteiger partial charge in [-0.25, -0.2) is 4.98 Å². The first kappa shape index (κ1) is 14.0. The van der Waals surface area contributed by atoms with Crippen LogP contribution in [-0.4, -0.2) is 23.8 Å². The SMILES string of the molecule is COc1cc2nc(N)n(C3CCCCC3C)c2cc1OC. The summed E-state index contributed by atoms with van der Waals surface area (Å²) >= 11 is 0. The predicted octanol–water partition coefficient (Wildman–Crippen LogP) is 3.39. The summed E-state index contributed by atoms with van der Waals surface area (Å²) in [6.45, 7) is 2.30. The Balaban J connectivity index is 2.15. The van der Waals surface area contributed by atoms with Crippen LogP contribution in [0.4, 0.5) is 5.95 Å². The van der Waals surface area contributed by atoms with Crippen LogP contribution < -0.4 is 15.2 Å². The lowest BCUT2D eigenvalue weighted by Crippen LogP contribution is -2.22. The molecule has 2 aromatic rings. The summed E-state index contributed by atoms with van der Waals surface area (Å²) in [5, 5.41) is 0. The maximum absolute atomic E-state index is 6.20. The van der Waals surface area contributed by atoms with Gasteiger partial charge < -0.3 is 19.8 Å². The molecule has 114 valence electrons. The third kappa shape index (κ3) is 2.30. The van der Waals surface area contributed by atoms with Crippen LogP contribution in [0.15, 0.2) is 12.1 Å². The molecule has 0 radical (unpaired) electrons. The number of anilines is 1. The van der Waals surface area contributed by atoms with Crippen LogP contribution in [0.3, 0.4) is 0 Å². The van der Waals surface area contributed by atoms with E-state index in [9.17, 15) is 0 Å². The second-order valence-corrected chi connectivity index (χ2v) is 5.86. The fourth-order valence-corrected chi connectivity index (χ4v) is 3.47. The summed E-state index contributed by atoms with van der Waals surface area (Å²) in [5.41, 5.74) is 8.09. The molecule has 5 heteroatoms. The fourth-order valence-electron chi connectivity index (χ4n) is 3.47. The lowest BCUT2D eigenvalue weighted by molar-refractivity contribution is 0.264. The molecule has 0 amide bonds. The van der Waals surface area contributed by atoms with Crippen LogP contribution in [0.25, 0.3) is 11.0 Å². The molecule has 1 heterocycles. The van der Waals surface area contributed by atoms with Gasteiger partial charge in [0.1, 0.15) is 0 Å². The van der Waals surface area contributed by atoms with Crippen molar-refractivity contribution in [2.75, 3.05) is 20.0 Å². The highest BCUT2D eigenvalue weighted by molar-refractivity contribution is 5.82. The van der Waals surface area contributed by atoms with E-state index in [-0.39, 0.29) is 0 Å². The molecule has 0 spiro atoms. The number of hydrogen-bond acceptors (Lipinski definition) is 4. The Kier molecular flexibility index (Phi) is 3.66. The number of imidazole rings is 1. The minimum absolute atomic E-state index is 0.418. The molecule has 5 nitrogen and oxygen atoms in total. The molecule has 1 saturated carbocycles. The van der Waals surface area contributed by atoms with Gasteiger partial charge in [0, 0.05) is 18.2 Å². The molecule has 1 aromatic heterocycles. The molecule has 1 fully saturated rings. The van der Waals surface area contributed by atoms with Gasteiger partial charge in [0.05, 0.1) is 25.3 Å². The third-order valence-corrected chi connectivity index (χ3v) is 4.62. The van der Waals surface area contributed by atoms with E-state index in [4.69, 9.17) is 15.2 Å². The van der Waals surface area contributed by atoms with Gasteiger partial charge in [0.15, 0.2) is 11.5 Å². The highest BCUT2D eigenvalue weighted by atomic mass is 16.5. The maximum atomic E-state index is 6.20. The Morgan fingerprint density at radius 3 is 2.48 bits per heavy atom. The minimum Gasteiger partial charge on any atom is -0.493 e. The normalized spacial score (nSPS) is 22.4.